The first-order chi connectivity index (χ1) is 7.77. The highest BCUT2D eigenvalue weighted by atomic mass is 16.6. The number of methoxy groups -OCH3 is 1. The first-order valence-corrected chi connectivity index (χ1v) is 6.16. The van der Waals surface area contributed by atoms with E-state index in [9.17, 15) is 4.79 Å². The molecule has 0 aromatic heterocycles. The van der Waals surface area contributed by atoms with Crippen molar-refractivity contribution >= 4 is 5.97 Å². The van der Waals surface area contributed by atoms with Gasteiger partial charge < -0.3 is 9.47 Å². The molecule has 0 aliphatic carbocycles. The molecule has 0 N–H and O–H groups in total. The third kappa shape index (κ3) is 3.09. The molecule has 0 aromatic carbocycles. The summed E-state index contributed by atoms with van der Waals surface area (Å²) in [4.78, 5) is 11.6. The summed E-state index contributed by atoms with van der Waals surface area (Å²) in [5.41, 5.74) is -0.217. The summed E-state index contributed by atoms with van der Waals surface area (Å²) >= 11 is 0. The van der Waals surface area contributed by atoms with Crippen molar-refractivity contribution in [2.45, 2.75) is 52.2 Å². The Balaban J connectivity index is 2.56. The van der Waals surface area contributed by atoms with Gasteiger partial charge in [-0.1, -0.05) is 19.9 Å². The van der Waals surface area contributed by atoms with Gasteiger partial charge in [-0.15, -0.1) is 6.58 Å². The molecule has 1 saturated heterocycles. The van der Waals surface area contributed by atoms with Gasteiger partial charge in [0.1, 0.15) is 0 Å². The lowest BCUT2D eigenvalue weighted by Crippen LogP contribution is -2.31. The summed E-state index contributed by atoms with van der Waals surface area (Å²) in [6, 6.07) is 0. The van der Waals surface area contributed by atoms with Crippen molar-refractivity contribution in [1.29, 1.82) is 0 Å². The fraction of sp³-hybridized carbons (Fsp3) is 0.786. The number of rotatable bonds is 6. The average Bonchev–Trinajstić information content (AvgIpc) is 2.92. The Kier molecular flexibility index (Phi) is 4.03. The zero-order valence-corrected chi connectivity index (χ0v) is 11.6. The van der Waals surface area contributed by atoms with E-state index in [1.165, 1.54) is 7.11 Å². The summed E-state index contributed by atoms with van der Waals surface area (Å²) in [6.07, 6.45) is 4.02. The van der Waals surface area contributed by atoms with Gasteiger partial charge in [-0.3, -0.25) is 4.79 Å². The third-order valence-corrected chi connectivity index (χ3v) is 4.12. The summed E-state index contributed by atoms with van der Waals surface area (Å²) in [5.74, 6) is -0.352. The largest absolute Gasteiger partial charge is 0.469 e. The van der Waals surface area contributed by atoms with Crippen molar-refractivity contribution in [2.75, 3.05) is 7.11 Å². The molecule has 1 aliphatic heterocycles. The topological polar surface area (TPSA) is 38.8 Å². The first kappa shape index (κ1) is 14.2. The second kappa shape index (κ2) is 4.81. The molecule has 0 saturated carbocycles. The van der Waals surface area contributed by atoms with Crippen LogP contribution in [0.5, 0.6) is 0 Å². The number of carbonyl (C=O) groups is 1. The Morgan fingerprint density at radius 1 is 1.65 bits per heavy atom. The van der Waals surface area contributed by atoms with Gasteiger partial charge in [0.2, 0.25) is 0 Å². The third-order valence-electron chi connectivity index (χ3n) is 4.12. The van der Waals surface area contributed by atoms with E-state index in [2.05, 4.69) is 27.4 Å². The SMILES string of the molecule is C=C[C@](C)(CCC1OC1(C)C)[C@@H](C)C(=O)OC. The van der Waals surface area contributed by atoms with Gasteiger partial charge in [0.05, 0.1) is 24.7 Å². The number of allylic oxidation sites excluding steroid dienone is 1. The molecular formula is C14H24O3. The van der Waals surface area contributed by atoms with Gasteiger partial charge in [-0.25, -0.2) is 0 Å². The number of hydrogen-bond acceptors (Lipinski definition) is 3. The molecule has 0 amide bonds. The van der Waals surface area contributed by atoms with Crippen LogP contribution in [0.2, 0.25) is 0 Å². The minimum absolute atomic E-state index is 0.0105. The normalized spacial score (nSPS) is 26.8. The van der Waals surface area contributed by atoms with E-state index in [4.69, 9.17) is 9.47 Å². The van der Waals surface area contributed by atoms with Gasteiger partial charge in [0.15, 0.2) is 0 Å². The zero-order chi connectivity index (χ0) is 13.3. The average molecular weight is 240 g/mol. The Bertz CT molecular complexity index is 309. The Labute approximate surface area is 104 Å². The van der Waals surface area contributed by atoms with E-state index < -0.39 is 0 Å². The van der Waals surface area contributed by atoms with Crippen LogP contribution in [-0.4, -0.2) is 24.8 Å². The van der Waals surface area contributed by atoms with Crippen molar-refractivity contribution in [3.8, 4) is 0 Å². The Morgan fingerprint density at radius 2 is 2.18 bits per heavy atom. The molecule has 3 atom stereocenters. The summed E-state index contributed by atoms with van der Waals surface area (Å²) in [5, 5.41) is 0. The van der Waals surface area contributed by atoms with E-state index in [0.717, 1.165) is 12.8 Å². The molecule has 3 heteroatoms. The molecule has 1 aliphatic rings. The van der Waals surface area contributed by atoms with E-state index in [1.54, 1.807) is 0 Å². The van der Waals surface area contributed by atoms with Crippen LogP contribution in [0, 0.1) is 11.3 Å². The maximum atomic E-state index is 11.6. The summed E-state index contributed by atoms with van der Waals surface area (Å²) < 4.78 is 10.4. The molecule has 0 spiro atoms. The predicted octanol–water partition coefficient (Wildman–Crippen LogP) is 2.95. The first-order valence-electron chi connectivity index (χ1n) is 6.16. The second-order valence-electron chi connectivity index (χ2n) is 5.70. The molecule has 1 rings (SSSR count). The minimum atomic E-state index is -0.227. The van der Waals surface area contributed by atoms with Crippen molar-refractivity contribution < 1.29 is 14.3 Å². The molecular weight excluding hydrogens is 216 g/mol. The van der Waals surface area contributed by atoms with Gasteiger partial charge in [-0.2, -0.15) is 0 Å². The minimum Gasteiger partial charge on any atom is -0.469 e. The van der Waals surface area contributed by atoms with Crippen LogP contribution in [0.25, 0.3) is 0 Å². The van der Waals surface area contributed by atoms with Crippen LogP contribution in [-0.2, 0) is 14.3 Å². The van der Waals surface area contributed by atoms with Gasteiger partial charge >= 0.3 is 5.97 Å². The molecule has 0 bridgehead atoms. The molecule has 1 heterocycles. The van der Waals surface area contributed by atoms with Gasteiger partial charge in [0.25, 0.3) is 0 Å². The van der Waals surface area contributed by atoms with Gasteiger partial charge in [0, 0.05) is 0 Å². The van der Waals surface area contributed by atoms with Crippen LogP contribution in [0.3, 0.4) is 0 Å². The summed E-state index contributed by atoms with van der Waals surface area (Å²) in [6.45, 7) is 12.0. The van der Waals surface area contributed by atoms with E-state index >= 15 is 0 Å². The zero-order valence-electron chi connectivity index (χ0n) is 11.6. The van der Waals surface area contributed by atoms with Crippen molar-refractivity contribution in [2.24, 2.45) is 11.3 Å². The van der Waals surface area contributed by atoms with Crippen LogP contribution in [0.4, 0.5) is 0 Å². The molecule has 17 heavy (non-hydrogen) atoms. The number of epoxide rings is 1. The molecule has 1 unspecified atom stereocenters. The van der Waals surface area contributed by atoms with Crippen LogP contribution in [0.15, 0.2) is 12.7 Å². The Hall–Kier alpha value is -0.830. The predicted molar refractivity (Wildman–Crippen MR) is 67.7 cm³/mol. The molecule has 3 nitrogen and oxygen atoms in total. The molecule has 0 radical (unpaired) electrons. The molecule has 0 aromatic rings. The van der Waals surface area contributed by atoms with E-state index in [-0.39, 0.29) is 22.9 Å². The highest BCUT2D eigenvalue weighted by Gasteiger charge is 2.48. The highest BCUT2D eigenvalue weighted by Crippen LogP contribution is 2.43. The maximum absolute atomic E-state index is 11.6. The summed E-state index contributed by atoms with van der Waals surface area (Å²) in [7, 11) is 1.43. The standard InChI is InChI=1S/C14H24O3/c1-7-14(5,10(2)12(15)16-6)9-8-11-13(3,4)17-11/h7,10-11H,1,8-9H2,2-6H3/t10-,11?,14+/m0/s1. The lowest BCUT2D eigenvalue weighted by atomic mass is 9.74. The quantitative estimate of drug-likeness (QED) is 0.407. The second-order valence-corrected chi connectivity index (χ2v) is 5.70. The van der Waals surface area contributed by atoms with Gasteiger partial charge in [-0.05, 0) is 32.1 Å². The molecule has 1 fully saturated rings. The van der Waals surface area contributed by atoms with Crippen LogP contribution >= 0.6 is 0 Å². The van der Waals surface area contributed by atoms with E-state index in [1.807, 2.05) is 13.0 Å². The lowest BCUT2D eigenvalue weighted by molar-refractivity contribution is -0.148. The highest BCUT2D eigenvalue weighted by molar-refractivity contribution is 5.73. The number of ether oxygens (including phenoxy) is 2. The van der Waals surface area contributed by atoms with Crippen molar-refractivity contribution in [3.63, 3.8) is 0 Å². The lowest BCUT2D eigenvalue weighted by Gasteiger charge is -2.30. The van der Waals surface area contributed by atoms with Crippen LogP contribution in [0.1, 0.15) is 40.5 Å². The van der Waals surface area contributed by atoms with Crippen molar-refractivity contribution in [1.82, 2.24) is 0 Å². The fourth-order valence-corrected chi connectivity index (χ4v) is 2.12. The fourth-order valence-electron chi connectivity index (χ4n) is 2.12. The number of esters is 1. The Morgan fingerprint density at radius 3 is 2.53 bits per heavy atom. The molecule has 98 valence electrons. The number of hydrogen-bond donors (Lipinski definition) is 0. The van der Waals surface area contributed by atoms with Crippen LogP contribution < -0.4 is 0 Å². The maximum Gasteiger partial charge on any atom is 0.309 e. The smallest absolute Gasteiger partial charge is 0.309 e. The van der Waals surface area contributed by atoms with E-state index in [0.29, 0.717) is 6.10 Å². The number of carbonyl (C=O) groups excluding carboxylic acids is 1. The monoisotopic (exact) mass is 240 g/mol. The van der Waals surface area contributed by atoms with Crippen molar-refractivity contribution in [3.05, 3.63) is 12.7 Å².